The molecule has 3 aromatic heterocycles. The van der Waals surface area contributed by atoms with Gasteiger partial charge in [-0.1, -0.05) is 121 Å². The highest BCUT2D eigenvalue weighted by Gasteiger charge is 2.40. The Morgan fingerprint density at radius 1 is 0.338 bits per heavy atom. The quantitative estimate of drug-likeness (QED) is 0.149. The summed E-state index contributed by atoms with van der Waals surface area (Å²) in [4.78, 5) is 10.1. The van der Waals surface area contributed by atoms with Crippen molar-refractivity contribution >= 4 is 43.6 Å². The lowest BCUT2D eigenvalue weighted by Gasteiger charge is -2.20. The molecule has 3 heterocycles. The van der Waals surface area contributed by atoms with Crippen LogP contribution in [-0.4, -0.2) is 19.1 Å². The van der Waals surface area contributed by atoms with Crippen LogP contribution in [0, 0.1) is 11.3 Å². The number of benzene rings is 9. The van der Waals surface area contributed by atoms with E-state index in [-0.39, 0.29) is 40.2 Å². The van der Waals surface area contributed by atoms with Gasteiger partial charge in [-0.2, -0.15) is 57.9 Å². The van der Waals surface area contributed by atoms with Gasteiger partial charge in [0, 0.05) is 38.2 Å². The first-order valence-corrected chi connectivity index (χ1v) is 24.4. The number of hydrogen-bond donors (Lipinski definition) is 0. The van der Waals surface area contributed by atoms with Crippen molar-refractivity contribution in [1.29, 1.82) is 5.26 Å². The molecule has 0 amide bonds. The van der Waals surface area contributed by atoms with Crippen molar-refractivity contribution < 1.29 is 52.7 Å². The molecule has 0 aliphatic heterocycles. The van der Waals surface area contributed by atoms with Crippen LogP contribution in [0.4, 0.5) is 52.7 Å². The van der Waals surface area contributed by atoms with Crippen molar-refractivity contribution in [3.8, 4) is 73.6 Å². The van der Waals surface area contributed by atoms with Gasteiger partial charge in [-0.05, 0) is 101 Å². The van der Waals surface area contributed by atoms with E-state index in [1.165, 1.54) is 30.3 Å². The predicted octanol–water partition coefficient (Wildman–Crippen LogP) is 19.0. The second-order valence-electron chi connectivity index (χ2n) is 18.9. The maximum atomic E-state index is 14.7. The van der Waals surface area contributed by atoms with E-state index in [2.05, 4.69) is 6.07 Å². The summed E-state index contributed by atoms with van der Waals surface area (Å²) >= 11 is 0. The normalized spacial score (nSPS) is 12.5. The van der Waals surface area contributed by atoms with Crippen molar-refractivity contribution in [2.75, 3.05) is 0 Å². The number of nitrogens with zero attached hydrogens (tertiary/aromatic N) is 5. The Balaban J connectivity index is 1.16. The van der Waals surface area contributed by atoms with Crippen LogP contribution < -0.4 is 0 Å². The SMILES string of the molecule is N#Cc1cc(-n2c3ccccc3c3cc(-c4ccc(C(F)(F)F)cc4C(F)(F)F)ccc32)c(-n2c3ccccc3c3cc(-c4ccc(C(F)(F)F)cc4C(F)(F)F)ccc32)cc1-c1nc(-c2ccccc2)cc(-c2ccccc2)n1. The fraction of sp³-hybridized carbons (Fsp3) is 0.0635. The van der Waals surface area contributed by atoms with E-state index in [4.69, 9.17) is 9.97 Å². The Morgan fingerprint density at radius 2 is 0.738 bits per heavy atom. The lowest BCUT2D eigenvalue weighted by Crippen LogP contribution is -2.12. The molecule has 12 rings (SSSR count). The van der Waals surface area contributed by atoms with Crippen LogP contribution in [0.15, 0.2) is 200 Å². The molecule has 80 heavy (non-hydrogen) atoms. The summed E-state index contributed by atoms with van der Waals surface area (Å²) in [7, 11) is 0. The standard InChI is InChI=1S/C63H33F12N5/c64-60(65,66)40-21-23-42(49(30-40)62(70,71)72)37-19-25-55-47(27-37)44-15-7-9-17-53(44)79(55)57-29-39(34-76)46(59-77-51(35-11-3-1-4-12-35)33-52(78-59)36-13-5-2-6-14-36)32-58(57)80-54-18-10-8-16-45(54)48-28-38(20-26-56(48)80)43-24-22-41(61(67,68)69)31-50(43)63(73,74)75/h1-33H. The molecular formula is C63H33F12N5. The summed E-state index contributed by atoms with van der Waals surface area (Å²) in [6, 6.07) is 51.5. The number of nitriles is 1. The molecule has 394 valence electrons. The maximum Gasteiger partial charge on any atom is 0.417 e. The van der Waals surface area contributed by atoms with Gasteiger partial charge in [0.2, 0.25) is 0 Å². The van der Waals surface area contributed by atoms with Gasteiger partial charge in [-0.15, -0.1) is 0 Å². The van der Waals surface area contributed by atoms with E-state index in [0.717, 1.165) is 23.3 Å². The first kappa shape index (κ1) is 51.1. The van der Waals surface area contributed by atoms with Crippen molar-refractivity contribution in [2.45, 2.75) is 24.7 Å². The molecule has 0 N–H and O–H groups in total. The minimum atomic E-state index is -5.19. The summed E-state index contributed by atoms with van der Waals surface area (Å²) in [5.74, 6) is 0.128. The molecule has 12 aromatic rings. The Morgan fingerprint density at radius 3 is 1.15 bits per heavy atom. The van der Waals surface area contributed by atoms with Crippen molar-refractivity contribution in [1.82, 2.24) is 19.1 Å². The van der Waals surface area contributed by atoms with Crippen molar-refractivity contribution in [2.24, 2.45) is 0 Å². The van der Waals surface area contributed by atoms with E-state index < -0.39 is 58.1 Å². The zero-order valence-corrected chi connectivity index (χ0v) is 40.8. The zero-order chi connectivity index (χ0) is 56.0. The van der Waals surface area contributed by atoms with Gasteiger partial charge in [0.25, 0.3) is 0 Å². The number of aromatic nitrogens is 4. The lowest BCUT2D eigenvalue weighted by atomic mass is 9.95. The van der Waals surface area contributed by atoms with E-state index in [1.807, 2.05) is 71.3 Å². The van der Waals surface area contributed by atoms with Crippen LogP contribution in [0.1, 0.15) is 27.8 Å². The molecule has 0 radical (unpaired) electrons. The molecular weight excluding hydrogens is 1050 g/mol. The molecule has 5 nitrogen and oxygen atoms in total. The Hall–Kier alpha value is -9.69. The number of fused-ring (bicyclic) bond motifs is 6. The van der Waals surface area contributed by atoms with Crippen LogP contribution >= 0.6 is 0 Å². The molecule has 0 atom stereocenters. The molecule has 17 heteroatoms. The molecule has 0 spiro atoms. The Bertz CT molecular complexity index is 4430. The van der Waals surface area contributed by atoms with Gasteiger partial charge in [-0.25, -0.2) is 9.97 Å². The van der Waals surface area contributed by atoms with Crippen LogP contribution in [0.5, 0.6) is 0 Å². The largest absolute Gasteiger partial charge is 0.417 e. The van der Waals surface area contributed by atoms with Gasteiger partial charge in [0.1, 0.15) is 0 Å². The lowest BCUT2D eigenvalue weighted by molar-refractivity contribution is -0.144. The molecule has 9 aromatic carbocycles. The van der Waals surface area contributed by atoms with E-state index in [9.17, 15) is 57.9 Å². The van der Waals surface area contributed by atoms with E-state index in [1.54, 1.807) is 71.3 Å². The summed E-state index contributed by atoms with van der Waals surface area (Å²) in [6.07, 6.45) is -20.5. The van der Waals surface area contributed by atoms with Gasteiger partial charge in [0.15, 0.2) is 5.82 Å². The summed E-state index contributed by atoms with van der Waals surface area (Å²) in [5.41, 5.74) is -1.81. The van der Waals surface area contributed by atoms with Crippen LogP contribution in [-0.2, 0) is 24.7 Å². The van der Waals surface area contributed by atoms with E-state index >= 15 is 0 Å². The second-order valence-corrected chi connectivity index (χ2v) is 18.9. The average Bonchev–Trinajstić information content (AvgIpc) is 3.41. The molecule has 0 bridgehead atoms. The molecule has 0 saturated heterocycles. The van der Waals surface area contributed by atoms with Gasteiger partial charge in [0.05, 0.1) is 78.7 Å². The first-order chi connectivity index (χ1) is 38.2. The fourth-order valence-corrected chi connectivity index (χ4v) is 10.5. The number of alkyl halides is 12. The molecule has 0 fully saturated rings. The minimum absolute atomic E-state index is 0.0401. The zero-order valence-electron chi connectivity index (χ0n) is 40.8. The fourth-order valence-electron chi connectivity index (χ4n) is 10.5. The average molecular weight is 1090 g/mol. The summed E-state index contributed by atoms with van der Waals surface area (Å²) in [6.45, 7) is 0. The first-order valence-electron chi connectivity index (χ1n) is 24.4. The summed E-state index contributed by atoms with van der Waals surface area (Å²) in [5, 5.41) is 13.0. The minimum Gasteiger partial charge on any atom is -0.307 e. The van der Waals surface area contributed by atoms with Crippen molar-refractivity contribution in [3.63, 3.8) is 0 Å². The van der Waals surface area contributed by atoms with Crippen molar-refractivity contribution in [3.05, 3.63) is 228 Å². The molecule has 0 saturated carbocycles. The molecule has 0 aliphatic carbocycles. The van der Waals surface area contributed by atoms with Gasteiger partial charge < -0.3 is 9.13 Å². The number of halogens is 12. The van der Waals surface area contributed by atoms with Crippen LogP contribution in [0.2, 0.25) is 0 Å². The second kappa shape index (κ2) is 18.8. The van der Waals surface area contributed by atoms with Gasteiger partial charge in [-0.3, -0.25) is 0 Å². The number of hydrogen-bond acceptors (Lipinski definition) is 3. The maximum absolute atomic E-state index is 14.7. The third-order valence-electron chi connectivity index (χ3n) is 14.1. The topological polar surface area (TPSA) is 59.4 Å². The van der Waals surface area contributed by atoms with Crippen LogP contribution in [0.25, 0.3) is 111 Å². The highest BCUT2D eigenvalue weighted by Crippen LogP contribution is 2.47. The predicted molar refractivity (Wildman–Crippen MR) is 283 cm³/mol. The Kier molecular flexibility index (Phi) is 12.0. The number of rotatable bonds is 7. The number of para-hydroxylation sites is 2. The monoisotopic (exact) mass is 1090 g/mol. The van der Waals surface area contributed by atoms with E-state index in [0.29, 0.717) is 78.5 Å². The molecule has 0 unspecified atom stereocenters. The molecule has 0 aliphatic rings. The van der Waals surface area contributed by atoms with Crippen LogP contribution in [0.3, 0.4) is 0 Å². The van der Waals surface area contributed by atoms with Gasteiger partial charge >= 0.3 is 24.7 Å². The third-order valence-corrected chi connectivity index (χ3v) is 14.1. The smallest absolute Gasteiger partial charge is 0.307 e. The third kappa shape index (κ3) is 8.92. The highest BCUT2D eigenvalue weighted by molar-refractivity contribution is 6.13. The summed E-state index contributed by atoms with van der Waals surface area (Å²) < 4.78 is 175. The Labute approximate surface area is 445 Å². The highest BCUT2D eigenvalue weighted by atomic mass is 19.4.